The van der Waals surface area contributed by atoms with E-state index in [1.807, 2.05) is 20.0 Å². The van der Waals surface area contributed by atoms with Crippen molar-refractivity contribution in [1.82, 2.24) is 9.97 Å². The lowest BCUT2D eigenvalue weighted by molar-refractivity contribution is 0.128. The molecule has 0 radical (unpaired) electrons. The molecule has 0 spiro atoms. The highest BCUT2D eigenvalue weighted by atomic mass is 16.5. The molecule has 94 valence electrons. The third kappa shape index (κ3) is 3.85. The number of anilines is 2. The van der Waals surface area contributed by atoms with Crippen molar-refractivity contribution in [2.24, 2.45) is 5.92 Å². The fourth-order valence-electron chi connectivity index (χ4n) is 1.54. The van der Waals surface area contributed by atoms with Crippen molar-refractivity contribution in [1.29, 1.82) is 0 Å². The van der Waals surface area contributed by atoms with Crippen LogP contribution >= 0.6 is 0 Å². The van der Waals surface area contributed by atoms with Crippen LogP contribution in [0.25, 0.3) is 0 Å². The van der Waals surface area contributed by atoms with Gasteiger partial charge in [-0.3, -0.25) is 0 Å². The fourth-order valence-corrected chi connectivity index (χ4v) is 1.54. The summed E-state index contributed by atoms with van der Waals surface area (Å²) in [7, 11) is 1.86. The summed E-state index contributed by atoms with van der Waals surface area (Å²) in [4.78, 5) is 8.78. The van der Waals surface area contributed by atoms with Crippen molar-refractivity contribution in [3.05, 3.63) is 11.9 Å². The molecule has 1 heterocycles. The second-order valence-electron chi connectivity index (χ2n) is 4.27. The number of nitrogens with one attached hydrogen (secondary N) is 2. The molecule has 0 aromatic carbocycles. The Morgan fingerprint density at radius 2 is 2.12 bits per heavy atom. The van der Waals surface area contributed by atoms with Crippen LogP contribution in [0.2, 0.25) is 0 Å². The first-order valence-electron chi connectivity index (χ1n) is 6.19. The monoisotopic (exact) mass is 236 g/mol. The van der Waals surface area contributed by atoms with E-state index in [1.165, 1.54) is 12.8 Å². The maximum absolute atomic E-state index is 5.33. The fraction of sp³-hybridized carbons (Fsp3) is 0.667. The molecule has 1 aromatic rings. The molecular weight excluding hydrogens is 216 g/mol. The van der Waals surface area contributed by atoms with E-state index in [0.29, 0.717) is 13.2 Å². The number of aromatic nitrogens is 2. The van der Waals surface area contributed by atoms with Gasteiger partial charge in [0.1, 0.15) is 18.2 Å². The number of ether oxygens (including phenoxy) is 1. The summed E-state index contributed by atoms with van der Waals surface area (Å²) in [5.41, 5.74) is 0. The van der Waals surface area contributed by atoms with Gasteiger partial charge < -0.3 is 15.4 Å². The quantitative estimate of drug-likeness (QED) is 0.757. The number of hydrogen-bond acceptors (Lipinski definition) is 5. The predicted molar refractivity (Wildman–Crippen MR) is 68.1 cm³/mol. The minimum absolute atomic E-state index is 0.462. The molecule has 1 fully saturated rings. The van der Waals surface area contributed by atoms with Crippen molar-refractivity contribution in [3.63, 3.8) is 0 Å². The minimum atomic E-state index is 0.462. The molecular formula is C12H20N4O. The Kier molecular flexibility index (Phi) is 4.14. The van der Waals surface area contributed by atoms with Gasteiger partial charge in [0, 0.05) is 26.3 Å². The van der Waals surface area contributed by atoms with Crippen LogP contribution in [0.3, 0.4) is 0 Å². The van der Waals surface area contributed by atoms with E-state index in [1.54, 1.807) is 0 Å². The van der Waals surface area contributed by atoms with Crippen LogP contribution in [0.15, 0.2) is 6.07 Å². The van der Waals surface area contributed by atoms with Crippen molar-refractivity contribution in [2.75, 3.05) is 30.8 Å². The topological polar surface area (TPSA) is 59.1 Å². The Balaban J connectivity index is 2.00. The second-order valence-corrected chi connectivity index (χ2v) is 4.27. The number of rotatable bonds is 7. The smallest absolute Gasteiger partial charge is 0.158 e. The number of hydrogen-bond donors (Lipinski definition) is 2. The van der Waals surface area contributed by atoms with Crippen LogP contribution in [0.1, 0.15) is 25.6 Å². The molecule has 1 aliphatic carbocycles. The highest BCUT2D eigenvalue weighted by molar-refractivity contribution is 5.47. The van der Waals surface area contributed by atoms with E-state index >= 15 is 0 Å². The van der Waals surface area contributed by atoms with Gasteiger partial charge in [-0.05, 0) is 25.7 Å². The molecule has 0 atom stereocenters. The average Bonchev–Trinajstić information content (AvgIpc) is 3.17. The van der Waals surface area contributed by atoms with Gasteiger partial charge in [0.25, 0.3) is 0 Å². The highest BCUT2D eigenvalue weighted by Crippen LogP contribution is 2.28. The van der Waals surface area contributed by atoms with Crippen LogP contribution in [-0.4, -0.2) is 30.2 Å². The summed E-state index contributed by atoms with van der Waals surface area (Å²) in [6.07, 6.45) is 2.67. The van der Waals surface area contributed by atoms with E-state index < -0.39 is 0 Å². The first kappa shape index (κ1) is 12.1. The summed E-state index contributed by atoms with van der Waals surface area (Å²) >= 11 is 0. The largest absolute Gasteiger partial charge is 0.374 e. The van der Waals surface area contributed by atoms with Gasteiger partial charge in [0.05, 0.1) is 0 Å². The second kappa shape index (κ2) is 5.82. The van der Waals surface area contributed by atoms with Gasteiger partial charge in [0.15, 0.2) is 5.82 Å². The van der Waals surface area contributed by atoms with E-state index in [-0.39, 0.29) is 0 Å². The Morgan fingerprint density at radius 1 is 1.35 bits per heavy atom. The molecule has 1 saturated carbocycles. The van der Waals surface area contributed by atoms with E-state index in [9.17, 15) is 0 Å². The van der Waals surface area contributed by atoms with Gasteiger partial charge in [-0.1, -0.05) is 0 Å². The standard InChI is InChI=1S/C12H20N4O/c1-3-17-8-12-15-10(13-2)6-11(16-12)14-7-9-4-5-9/h6,9H,3-5,7-8H2,1-2H3,(H2,13,14,15,16). The third-order valence-corrected chi connectivity index (χ3v) is 2.73. The summed E-state index contributed by atoms with van der Waals surface area (Å²) in [5, 5.41) is 6.39. The van der Waals surface area contributed by atoms with Crippen molar-refractivity contribution in [3.8, 4) is 0 Å². The molecule has 1 aromatic heterocycles. The zero-order chi connectivity index (χ0) is 12.1. The molecule has 2 N–H and O–H groups in total. The maximum Gasteiger partial charge on any atom is 0.158 e. The van der Waals surface area contributed by atoms with Gasteiger partial charge >= 0.3 is 0 Å². The summed E-state index contributed by atoms with van der Waals surface area (Å²) < 4.78 is 5.33. The Labute approximate surface area is 102 Å². The molecule has 2 rings (SSSR count). The minimum Gasteiger partial charge on any atom is -0.374 e. The lowest BCUT2D eigenvalue weighted by atomic mass is 10.4. The Morgan fingerprint density at radius 3 is 2.76 bits per heavy atom. The molecule has 0 amide bonds. The third-order valence-electron chi connectivity index (χ3n) is 2.73. The molecule has 5 heteroatoms. The van der Waals surface area contributed by atoms with E-state index in [4.69, 9.17) is 4.74 Å². The van der Waals surface area contributed by atoms with Gasteiger partial charge in [-0.2, -0.15) is 0 Å². The van der Waals surface area contributed by atoms with Crippen LogP contribution in [0.4, 0.5) is 11.6 Å². The Bertz CT molecular complexity index is 366. The first-order chi connectivity index (χ1) is 8.31. The van der Waals surface area contributed by atoms with Crippen LogP contribution in [0.5, 0.6) is 0 Å². The molecule has 5 nitrogen and oxygen atoms in total. The summed E-state index contributed by atoms with van der Waals surface area (Å²) in [6.45, 7) is 4.12. The lowest BCUT2D eigenvalue weighted by Gasteiger charge is -2.09. The maximum atomic E-state index is 5.33. The van der Waals surface area contributed by atoms with Crippen molar-refractivity contribution in [2.45, 2.75) is 26.4 Å². The van der Waals surface area contributed by atoms with E-state index in [0.717, 1.165) is 29.9 Å². The van der Waals surface area contributed by atoms with Gasteiger partial charge in [0.2, 0.25) is 0 Å². The zero-order valence-corrected chi connectivity index (χ0v) is 10.5. The summed E-state index contributed by atoms with van der Waals surface area (Å²) in [6, 6.07) is 1.93. The average molecular weight is 236 g/mol. The SMILES string of the molecule is CCOCc1nc(NC)cc(NCC2CC2)n1. The van der Waals surface area contributed by atoms with Crippen molar-refractivity contribution < 1.29 is 4.74 Å². The molecule has 0 unspecified atom stereocenters. The van der Waals surface area contributed by atoms with Crippen LogP contribution < -0.4 is 10.6 Å². The normalized spacial score (nSPS) is 14.7. The predicted octanol–water partition coefficient (Wildman–Crippen LogP) is 1.88. The first-order valence-corrected chi connectivity index (χ1v) is 6.19. The molecule has 0 aliphatic heterocycles. The van der Waals surface area contributed by atoms with Crippen LogP contribution in [-0.2, 0) is 11.3 Å². The van der Waals surface area contributed by atoms with Gasteiger partial charge in [-0.25, -0.2) is 9.97 Å². The zero-order valence-electron chi connectivity index (χ0n) is 10.5. The molecule has 1 aliphatic rings. The Hall–Kier alpha value is -1.36. The molecule has 0 bridgehead atoms. The highest BCUT2D eigenvalue weighted by Gasteiger charge is 2.20. The van der Waals surface area contributed by atoms with Crippen LogP contribution in [0, 0.1) is 5.92 Å². The number of nitrogens with zero attached hydrogens (tertiary/aromatic N) is 2. The molecule has 0 saturated heterocycles. The van der Waals surface area contributed by atoms with Crippen molar-refractivity contribution >= 4 is 11.6 Å². The summed E-state index contributed by atoms with van der Waals surface area (Å²) in [5.74, 6) is 3.26. The van der Waals surface area contributed by atoms with Gasteiger partial charge in [-0.15, -0.1) is 0 Å². The lowest BCUT2D eigenvalue weighted by Crippen LogP contribution is -2.09. The van der Waals surface area contributed by atoms with E-state index in [2.05, 4.69) is 20.6 Å². The molecule has 17 heavy (non-hydrogen) atoms.